The predicted molar refractivity (Wildman–Crippen MR) is 241 cm³/mol. The molecule has 6 rings (SSSR count). The van der Waals surface area contributed by atoms with Gasteiger partial charge in [-0.3, -0.25) is 19.2 Å². The molecule has 4 aliphatic rings. The quantitative estimate of drug-likeness (QED) is 0.151. The Morgan fingerprint density at radius 3 is 1.43 bits per heavy atom. The Bertz CT molecular complexity index is 1820. The highest BCUT2D eigenvalue weighted by molar-refractivity contribution is 5.90. The summed E-state index contributed by atoms with van der Waals surface area (Å²) in [5, 5.41) is 25.6. The van der Waals surface area contributed by atoms with E-state index in [0.717, 1.165) is 62.5 Å². The zero-order valence-electron chi connectivity index (χ0n) is 38.1. The summed E-state index contributed by atoms with van der Waals surface area (Å²) in [6.45, 7) is 11.0. The molecule has 0 aromatic heterocycles. The second-order valence-corrected chi connectivity index (χ2v) is 19.0. The minimum absolute atomic E-state index is 0.0918. The van der Waals surface area contributed by atoms with E-state index in [-0.39, 0.29) is 67.3 Å². The van der Waals surface area contributed by atoms with E-state index in [1.165, 1.54) is 12.8 Å². The number of piperazine rings is 2. The Kier molecular flexibility index (Phi) is 18.2. The molecule has 5 atom stereocenters. The van der Waals surface area contributed by atoms with Gasteiger partial charge in [-0.25, -0.2) is 9.59 Å². The lowest BCUT2D eigenvalue weighted by molar-refractivity contribution is -0.153. The van der Waals surface area contributed by atoms with Crippen LogP contribution in [0.3, 0.4) is 0 Å². The van der Waals surface area contributed by atoms with E-state index >= 15 is 0 Å². The zero-order valence-corrected chi connectivity index (χ0v) is 38.1. The molecule has 4 N–H and O–H groups in total. The van der Waals surface area contributed by atoms with Crippen LogP contribution in [0, 0.1) is 17.8 Å². The minimum atomic E-state index is -0.960. The molecule has 2 heterocycles. The number of benzene rings is 2. The maximum absolute atomic E-state index is 13.6. The number of nitrogens with one attached hydrogen (secondary N) is 2. The number of aliphatic carboxylic acids is 2. The van der Waals surface area contributed by atoms with Gasteiger partial charge in [0.1, 0.15) is 12.1 Å². The minimum Gasteiger partial charge on any atom is -0.481 e. The summed E-state index contributed by atoms with van der Waals surface area (Å²) in [5.74, 6) is -2.52. The van der Waals surface area contributed by atoms with Crippen molar-refractivity contribution in [2.45, 2.75) is 167 Å². The topological polar surface area (TPSA) is 180 Å². The van der Waals surface area contributed by atoms with Crippen molar-refractivity contribution in [3.05, 3.63) is 71.8 Å². The summed E-state index contributed by atoms with van der Waals surface area (Å²) in [6.07, 6.45) is 11.3. The highest BCUT2D eigenvalue weighted by Crippen LogP contribution is 2.30. The van der Waals surface area contributed by atoms with Crippen LogP contribution in [0.4, 0.5) is 9.59 Å². The molecule has 14 heteroatoms. The van der Waals surface area contributed by atoms with Crippen molar-refractivity contribution in [3.63, 3.8) is 0 Å². The first-order valence-corrected chi connectivity index (χ1v) is 23.4. The molecule has 4 fully saturated rings. The third-order valence-electron chi connectivity index (χ3n) is 13.0. The van der Waals surface area contributed by atoms with Crippen LogP contribution in [0.1, 0.15) is 129 Å². The standard InChI is InChI=1S/C25H37N3O4.C24H35N3O4/c1-17(2)14-21-23(29)27(15-19-10-6-4-7-11-19)16-22(18(3)24(30)31)28(21)25(32)26-20-12-8-5-9-13-20;1-17(2)13-21-23(30)26(15-18-9-5-3-6-10-18)16-20(14-22(28)29)27(21)24(31)25-19-11-7-4-8-12-19/h4,6-7,10-11,17-18,20-22H,5,8-9,12-16H2,1-3H3,(H,26,32)(H,30,31);3,5-6,9-10,17,19-21H,4,7-8,11-16H2,1-2H3,(H,25,31)(H,28,29). The molecule has 2 aromatic rings. The van der Waals surface area contributed by atoms with Gasteiger partial charge < -0.3 is 40.4 Å². The number of amides is 6. The van der Waals surface area contributed by atoms with Crippen LogP contribution in [-0.2, 0) is 32.3 Å². The molecule has 2 aliphatic carbocycles. The van der Waals surface area contributed by atoms with E-state index in [9.17, 15) is 39.0 Å². The van der Waals surface area contributed by atoms with Crippen LogP contribution in [-0.4, -0.2) is 115 Å². The van der Waals surface area contributed by atoms with Crippen LogP contribution in [0.2, 0.25) is 0 Å². The van der Waals surface area contributed by atoms with Crippen LogP contribution in [0.25, 0.3) is 0 Å². The number of carbonyl (C=O) groups excluding carboxylic acids is 4. The average molecular weight is 873 g/mol. The molecular formula is C49H72N6O8. The van der Waals surface area contributed by atoms with Gasteiger partial charge in [0.25, 0.3) is 0 Å². The smallest absolute Gasteiger partial charge is 0.318 e. The van der Waals surface area contributed by atoms with Gasteiger partial charge in [0.15, 0.2) is 0 Å². The van der Waals surface area contributed by atoms with Crippen LogP contribution < -0.4 is 10.6 Å². The third kappa shape index (κ3) is 13.9. The summed E-state index contributed by atoms with van der Waals surface area (Å²) in [4.78, 5) is 84.0. The number of carboxylic acids is 2. The summed E-state index contributed by atoms with van der Waals surface area (Å²) in [6, 6.07) is 16.5. The molecule has 63 heavy (non-hydrogen) atoms. The van der Waals surface area contributed by atoms with Crippen molar-refractivity contribution < 1.29 is 39.0 Å². The van der Waals surface area contributed by atoms with Crippen molar-refractivity contribution in [2.75, 3.05) is 13.1 Å². The highest BCUT2D eigenvalue weighted by atomic mass is 16.4. The van der Waals surface area contributed by atoms with Crippen LogP contribution in [0.15, 0.2) is 60.7 Å². The number of hydrogen-bond acceptors (Lipinski definition) is 6. The summed E-state index contributed by atoms with van der Waals surface area (Å²) in [5.41, 5.74) is 1.99. The van der Waals surface area contributed by atoms with Gasteiger partial charge in [-0.15, -0.1) is 0 Å². The number of nitrogens with zero attached hydrogens (tertiary/aromatic N) is 4. The van der Waals surface area contributed by atoms with Crippen LogP contribution >= 0.6 is 0 Å². The van der Waals surface area contributed by atoms with E-state index in [4.69, 9.17) is 0 Å². The van der Waals surface area contributed by atoms with E-state index in [2.05, 4.69) is 10.6 Å². The number of carboxylic acid groups (broad SMARTS) is 2. The van der Waals surface area contributed by atoms with Crippen molar-refractivity contribution in [1.29, 1.82) is 0 Å². The highest BCUT2D eigenvalue weighted by Gasteiger charge is 2.47. The SMILES string of the molecule is CC(C)CC1C(=O)N(Cc2ccccc2)CC(C(C)C(=O)O)N1C(=O)NC1CCCCC1.CC(C)CC1C(=O)N(Cc2ccccc2)CC(CC(=O)O)N1C(=O)NC1CCCCC1. The Hall–Kier alpha value is -5.14. The lowest BCUT2D eigenvalue weighted by Crippen LogP contribution is -2.67. The Morgan fingerprint density at radius 2 is 1.02 bits per heavy atom. The number of hydrogen-bond donors (Lipinski definition) is 4. The van der Waals surface area contributed by atoms with Gasteiger partial charge in [0, 0.05) is 38.3 Å². The van der Waals surface area contributed by atoms with Crippen molar-refractivity contribution >= 4 is 35.8 Å². The number of urea groups is 2. The summed E-state index contributed by atoms with van der Waals surface area (Å²) >= 11 is 0. The van der Waals surface area contributed by atoms with E-state index in [1.807, 2.05) is 88.4 Å². The predicted octanol–water partition coefficient (Wildman–Crippen LogP) is 7.51. The molecule has 5 unspecified atom stereocenters. The van der Waals surface area contributed by atoms with Crippen molar-refractivity contribution in [3.8, 4) is 0 Å². The van der Waals surface area contributed by atoms with Crippen LogP contribution in [0.5, 0.6) is 0 Å². The first-order valence-electron chi connectivity index (χ1n) is 23.4. The molecule has 0 bridgehead atoms. The lowest BCUT2D eigenvalue weighted by atomic mass is 9.90. The first kappa shape index (κ1) is 48.9. The molecule has 0 radical (unpaired) electrons. The van der Waals surface area contributed by atoms with Gasteiger partial charge in [-0.1, -0.05) is 127 Å². The van der Waals surface area contributed by atoms with E-state index in [0.29, 0.717) is 25.9 Å². The fourth-order valence-electron chi connectivity index (χ4n) is 9.72. The summed E-state index contributed by atoms with van der Waals surface area (Å²) in [7, 11) is 0. The maximum atomic E-state index is 13.6. The molecular weight excluding hydrogens is 801 g/mol. The number of rotatable bonds is 14. The Morgan fingerprint density at radius 1 is 0.603 bits per heavy atom. The molecule has 2 aliphatic heterocycles. The van der Waals surface area contributed by atoms with Gasteiger partial charge in [0.2, 0.25) is 11.8 Å². The molecule has 2 saturated heterocycles. The summed E-state index contributed by atoms with van der Waals surface area (Å²) < 4.78 is 0. The van der Waals surface area contributed by atoms with Gasteiger partial charge in [-0.2, -0.15) is 0 Å². The fraction of sp³-hybridized carbons (Fsp3) is 0.633. The molecule has 6 amide bonds. The van der Waals surface area contributed by atoms with Crippen molar-refractivity contribution in [1.82, 2.24) is 30.2 Å². The molecule has 2 saturated carbocycles. The molecule has 0 spiro atoms. The van der Waals surface area contributed by atoms with Gasteiger partial charge in [-0.05, 0) is 68.4 Å². The second kappa shape index (κ2) is 23.5. The van der Waals surface area contributed by atoms with Gasteiger partial charge >= 0.3 is 24.0 Å². The van der Waals surface area contributed by atoms with Crippen molar-refractivity contribution in [2.24, 2.45) is 17.8 Å². The van der Waals surface area contributed by atoms with E-state index < -0.39 is 42.0 Å². The lowest BCUT2D eigenvalue weighted by Gasteiger charge is -2.48. The molecule has 14 nitrogen and oxygen atoms in total. The Labute approximate surface area is 374 Å². The largest absolute Gasteiger partial charge is 0.481 e. The normalized spacial score (nSPS) is 23.0. The molecule has 346 valence electrons. The monoisotopic (exact) mass is 873 g/mol. The maximum Gasteiger partial charge on any atom is 0.318 e. The second-order valence-electron chi connectivity index (χ2n) is 19.0. The van der Waals surface area contributed by atoms with E-state index in [1.54, 1.807) is 26.5 Å². The first-order chi connectivity index (χ1) is 30.1. The zero-order chi connectivity index (χ0) is 45.6. The average Bonchev–Trinajstić information content (AvgIpc) is 3.24. The molecule has 2 aromatic carbocycles. The fourth-order valence-corrected chi connectivity index (χ4v) is 9.72. The Balaban J connectivity index is 0.000000238. The van der Waals surface area contributed by atoms with Gasteiger partial charge in [0.05, 0.1) is 24.4 Å². The third-order valence-corrected chi connectivity index (χ3v) is 13.0. The number of carbonyl (C=O) groups is 6.